The van der Waals surface area contributed by atoms with Gasteiger partial charge in [0.25, 0.3) is 5.91 Å². The minimum absolute atomic E-state index is 0.161. The van der Waals surface area contributed by atoms with Gasteiger partial charge in [0.1, 0.15) is 6.10 Å². The lowest BCUT2D eigenvalue weighted by Gasteiger charge is -2.17. The monoisotopic (exact) mass is 193 g/mol. The van der Waals surface area contributed by atoms with Crippen molar-refractivity contribution < 1.29 is 18.7 Å². The van der Waals surface area contributed by atoms with E-state index in [-0.39, 0.29) is 5.92 Å². The number of rotatable bonds is 2. The maximum absolute atomic E-state index is 12.8. The molecule has 0 saturated carbocycles. The van der Waals surface area contributed by atoms with Gasteiger partial charge in [0.2, 0.25) is 0 Å². The van der Waals surface area contributed by atoms with Crippen molar-refractivity contribution >= 4 is 5.91 Å². The molecule has 2 atom stereocenters. The van der Waals surface area contributed by atoms with E-state index < -0.39 is 24.0 Å². The smallest absolute Gasteiger partial charge is 0.351 e. The molecule has 1 heterocycles. The van der Waals surface area contributed by atoms with Gasteiger partial charge in [-0.05, 0) is 12.3 Å². The first kappa shape index (κ1) is 10.4. The molecule has 0 aromatic rings. The number of amides is 1. The molecule has 3 nitrogen and oxygen atoms in total. The first-order valence-corrected chi connectivity index (χ1v) is 4.22. The fourth-order valence-corrected chi connectivity index (χ4v) is 1.43. The van der Waals surface area contributed by atoms with Gasteiger partial charge in [0.05, 0.1) is 6.04 Å². The van der Waals surface area contributed by atoms with E-state index in [2.05, 4.69) is 5.32 Å². The summed E-state index contributed by atoms with van der Waals surface area (Å²) in [5.41, 5.74) is 0. The molecule has 0 spiro atoms. The van der Waals surface area contributed by atoms with Crippen LogP contribution in [-0.2, 0) is 4.79 Å². The number of nitrogens with one attached hydrogen (secondary N) is 1. The summed E-state index contributed by atoms with van der Waals surface area (Å²) in [6.45, 7) is 3.69. The second kappa shape index (κ2) is 3.21. The van der Waals surface area contributed by atoms with Crippen molar-refractivity contribution in [3.8, 4) is 0 Å². The fraction of sp³-hybridized carbons (Fsp3) is 0.875. The first-order chi connectivity index (χ1) is 5.85. The average Bonchev–Trinajstić information content (AvgIpc) is 2.15. The number of aliphatic hydroxyl groups excluding tert-OH is 1. The molecular formula is C8H13F2NO2. The van der Waals surface area contributed by atoms with E-state index in [4.69, 9.17) is 5.11 Å². The molecule has 0 bridgehead atoms. The highest BCUT2D eigenvalue weighted by Crippen LogP contribution is 2.29. The number of hydrogen-bond acceptors (Lipinski definition) is 2. The minimum Gasteiger partial charge on any atom is -0.384 e. The molecule has 76 valence electrons. The summed E-state index contributed by atoms with van der Waals surface area (Å²) in [5.74, 6) is -4.83. The van der Waals surface area contributed by atoms with Gasteiger partial charge in [-0.3, -0.25) is 4.79 Å². The Balaban J connectivity index is 2.68. The first-order valence-electron chi connectivity index (χ1n) is 4.22. The van der Waals surface area contributed by atoms with Crippen LogP contribution in [0.3, 0.4) is 0 Å². The summed E-state index contributed by atoms with van der Waals surface area (Å²) in [4.78, 5) is 10.7. The molecule has 13 heavy (non-hydrogen) atoms. The molecule has 0 unspecified atom stereocenters. The highest BCUT2D eigenvalue weighted by molar-refractivity contribution is 5.87. The van der Waals surface area contributed by atoms with Crippen LogP contribution in [0.1, 0.15) is 20.3 Å². The summed E-state index contributed by atoms with van der Waals surface area (Å²) in [6.07, 6.45) is -1.52. The van der Waals surface area contributed by atoms with Crippen LogP contribution in [-0.4, -0.2) is 29.1 Å². The molecule has 2 N–H and O–H groups in total. The third-order valence-electron chi connectivity index (χ3n) is 2.10. The Labute approximate surface area is 75.1 Å². The van der Waals surface area contributed by atoms with E-state index in [9.17, 15) is 13.6 Å². The van der Waals surface area contributed by atoms with Crippen LogP contribution in [0.25, 0.3) is 0 Å². The number of halogens is 2. The highest BCUT2D eigenvalue weighted by Gasteiger charge is 2.56. The molecule has 0 radical (unpaired) electrons. The van der Waals surface area contributed by atoms with Gasteiger partial charge < -0.3 is 10.4 Å². The van der Waals surface area contributed by atoms with Crippen molar-refractivity contribution in [2.75, 3.05) is 0 Å². The number of carbonyl (C=O) groups excluding carboxylic acids is 1. The van der Waals surface area contributed by atoms with E-state index in [1.54, 1.807) is 0 Å². The quantitative estimate of drug-likeness (QED) is 0.672. The summed E-state index contributed by atoms with van der Waals surface area (Å²) < 4.78 is 25.5. The van der Waals surface area contributed by atoms with Crippen LogP contribution in [0.2, 0.25) is 0 Å². The standard InChI is InChI=1S/C8H13F2NO2/c1-4(2)3-5-6(12)8(9,10)7(13)11-5/h4-6,12H,3H2,1-2H3,(H,11,13)/t5-,6+/m0/s1. The zero-order valence-electron chi connectivity index (χ0n) is 7.55. The summed E-state index contributed by atoms with van der Waals surface area (Å²) in [7, 11) is 0. The predicted molar refractivity (Wildman–Crippen MR) is 42.3 cm³/mol. The molecule has 1 fully saturated rings. The summed E-state index contributed by atoms with van der Waals surface area (Å²) >= 11 is 0. The van der Waals surface area contributed by atoms with Gasteiger partial charge in [-0.15, -0.1) is 0 Å². The van der Waals surface area contributed by atoms with Crippen molar-refractivity contribution in [1.82, 2.24) is 5.32 Å². The Morgan fingerprint density at radius 3 is 2.46 bits per heavy atom. The van der Waals surface area contributed by atoms with Crippen molar-refractivity contribution in [2.24, 2.45) is 5.92 Å². The Morgan fingerprint density at radius 2 is 2.15 bits per heavy atom. The fourth-order valence-electron chi connectivity index (χ4n) is 1.43. The number of alkyl halides is 2. The van der Waals surface area contributed by atoms with E-state index in [1.165, 1.54) is 0 Å². The molecule has 1 aliphatic heterocycles. The molecule has 1 saturated heterocycles. The van der Waals surface area contributed by atoms with Crippen molar-refractivity contribution in [3.63, 3.8) is 0 Å². The Kier molecular flexibility index (Phi) is 2.56. The summed E-state index contributed by atoms with van der Waals surface area (Å²) in [5, 5.41) is 11.2. The van der Waals surface area contributed by atoms with Crippen LogP contribution in [0, 0.1) is 5.92 Å². The van der Waals surface area contributed by atoms with Crippen LogP contribution >= 0.6 is 0 Å². The topological polar surface area (TPSA) is 49.3 Å². The number of aliphatic hydroxyl groups is 1. The van der Waals surface area contributed by atoms with Crippen LogP contribution in [0.5, 0.6) is 0 Å². The maximum Gasteiger partial charge on any atom is 0.351 e. The molecule has 1 amide bonds. The summed E-state index contributed by atoms with van der Waals surface area (Å²) in [6, 6.07) is -0.817. The third-order valence-corrected chi connectivity index (χ3v) is 2.10. The van der Waals surface area contributed by atoms with E-state index in [0.29, 0.717) is 6.42 Å². The van der Waals surface area contributed by atoms with E-state index >= 15 is 0 Å². The predicted octanol–water partition coefficient (Wildman–Crippen LogP) is 0.527. The van der Waals surface area contributed by atoms with E-state index in [0.717, 1.165) is 0 Å². The van der Waals surface area contributed by atoms with Crippen molar-refractivity contribution in [3.05, 3.63) is 0 Å². The van der Waals surface area contributed by atoms with Crippen molar-refractivity contribution in [2.45, 2.75) is 38.3 Å². The zero-order chi connectivity index (χ0) is 10.2. The molecule has 1 rings (SSSR count). The molecule has 0 aliphatic carbocycles. The van der Waals surface area contributed by atoms with Crippen LogP contribution in [0.15, 0.2) is 0 Å². The Morgan fingerprint density at radius 1 is 1.62 bits per heavy atom. The molecular weight excluding hydrogens is 180 g/mol. The normalized spacial score (nSPS) is 32.3. The second-order valence-corrected chi connectivity index (χ2v) is 3.78. The molecule has 0 aromatic heterocycles. The highest BCUT2D eigenvalue weighted by atomic mass is 19.3. The zero-order valence-corrected chi connectivity index (χ0v) is 7.55. The van der Waals surface area contributed by atoms with Gasteiger partial charge >= 0.3 is 5.92 Å². The lowest BCUT2D eigenvalue weighted by Crippen LogP contribution is -2.38. The second-order valence-electron chi connectivity index (χ2n) is 3.78. The molecule has 0 aromatic carbocycles. The Bertz CT molecular complexity index is 218. The Hall–Kier alpha value is -0.710. The number of carbonyl (C=O) groups is 1. The number of hydrogen-bond donors (Lipinski definition) is 2. The van der Waals surface area contributed by atoms with Crippen LogP contribution < -0.4 is 5.32 Å². The largest absolute Gasteiger partial charge is 0.384 e. The molecule has 1 aliphatic rings. The van der Waals surface area contributed by atoms with E-state index in [1.807, 2.05) is 13.8 Å². The van der Waals surface area contributed by atoms with Gasteiger partial charge in [-0.25, -0.2) is 0 Å². The van der Waals surface area contributed by atoms with Gasteiger partial charge in [-0.2, -0.15) is 8.78 Å². The van der Waals surface area contributed by atoms with Crippen molar-refractivity contribution in [1.29, 1.82) is 0 Å². The maximum atomic E-state index is 12.8. The van der Waals surface area contributed by atoms with Gasteiger partial charge in [0, 0.05) is 0 Å². The van der Waals surface area contributed by atoms with Crippen LogP contribution in [0.4, 0.5) is 8.78 Å². The SMILES string of the molecule is CC(C)C[C@@H]1NC(=O)C(F)(F)[C@@H]1O. The lowest BCUT2D eigenvalue weighted by atomic mass is 9.99. The lowest BCUT2D eigenvalue weighted by molar-refractivity contribution is -0.150. The average molecular weight is 193 g/mol. The third kappa shape index (κ3) is 1.80. The minimum atomic E-state index is -3.63. The van der Waals surface area contributed by atoms with Gasteiger partial charge in [-0.1, -0.05) is 13.8 Å². The van der Waals surface area contributed by atoms with Gasteiger partial charge in [0.15, 0.2) is 0 Å². The molecule has 5 heteroatoms.